The lowest BCUT2D eigenvalue weighted by molar-refractivity contribution is -0.137. The maximum absolute atomic E-state index is 12.8. The third-order valence-corrected chi connectivity index (χ3v) is 4.59. The molecule has 0 saturated carbocycles. The molecule has 0 fully saturated rings. The molecule has 6 nitrogen and oxygen atoms in total. The number of fused-ring (bicyclic) bond motifs is 1. The number of amides is 2. The standard InChI is InChI=1S/C19H16F3N3O3/c20-19(21,22)13-5-3-12(4-6-13)17-15-11-25(8-7-16(15)28-24-17)18(26)23-10-14-2-1-9-27-14/h1-6,9H,7-8,10-11H2,(H,23,26). The van der Waals surface area contributed by atoms with Crippen LogP contribution in [-0.4, -0.2) is 22.6 Å². The molecule has 2 aromatic heterocycles. The number of benzene rings is 1. The van der Waals surface area contributed by atoms with E-state index in [1.165, 1.54) is 18.4 Å². The number of carbonyl (C=O) groups is 1. The van der Waals surface area contributed by atoms with Gasteiger partial charge in [-0.05, 0) is 24.3 Å². The maximum atomic E-state index is 12.8. The fourth-order valence-corrected chi connectivity index (χ4v) is 3.11. The second kappa shape index (κ2) is 7.06. The number of nitrogens with one attached hydrogen (secondary N) is 1. The summed E-state index contributed by atoms with van der Waals surface area (Å²) in [5, 5.41) is 6.79. The van der Waals surface area contributed by atoms with Crippen molar-refractivity contribution in [3.8, 4) is 11.3 Å². The van der Waals surface area contributed by atoms with E-state index >= 15 is 0 Å². The van der Waals surface area contributed by atoms with Crippen LogP contribution in [0, 0.1) is 0 Å². The molecule has 1 aliphatic rings. The lowest BCUT2D eigenvalue weighted by atomic mass is 10.0. The van der Waals surface area contributed by atoms with Gasteiger partial charge in [0.15, 0.2) is 0 Å². The Bertz CT molecular complexity index is 963. The third kappa shape index (κ3) is 3.60. The quantitative estimate of drug-likeness (QED) is 0.726. The van der Waals surface area contributed by atoms with Gasteiger partial charge in [0.25, 0.3) is 0 Å². The van der Waals surface area contributed by atoms with Crippen LogP contribution in [0.25, 0.3) is 11.3 Å². The van der Waals surface area contributed by atoms with Crippen molar-refractivity contribution in [3.05, 3.63) is 65.3 Å². The van der Waals surface area contributed by atoms with Crippen LogP contribution in [0.4, 0.5) is 18.0 Å². The monoisotopic (exact) mass is 391 g/mol. The molecule has 2 amide bonds. The minimum Gasteiger partial charge on any atom is -0.467 e. The molecule has 1 aliphatic heterocycles. The van der Waals surface area contributed by atoms with Crippen molar-refractivity contribution in [2.75, 3.05) is 6.54 Å². The average molecular weight is 391 g/mol. The predicted molar refractivity (Wildman–Crippen MR) is 92.0 cm³/mol. The van der Waals surface area contributed by atoms with Gasteiger partial charge in [-0.2, -0.15) is 13.2 Å². The number of alkyl halides is 3. The first-order valence-electron chi connectivity index (χ1n) is 8.62. The van der Waals surface area contributed by atoms with Crippen LogP contribution >= 0.6 is 0 Å². The van der Waals surface area contributed by atoms with E-state index in [1.54, 1.807) is 17.0 Å². The summed E-state index contributed by atoms with van der Waals surface area (Å²) < 4.78 is 48.8. The summed E-state index contributed by atoms with van der Waals surface area (Å²) in [5.74, 6) is 1.28. The Hall–Kier alpha value is -3.23. The van der Waals surface area contributed by atoms with Gasteiger partial charge in [0.2, 0.25) is 0 Å². The van der Waals surface area contributed by atoms with Crippen LogP contribution in [0.5, 0.6) is 0 Å². The second-order valence-electron chi connectivity index (χ2n) is 6.42. The molecule has 0 bridgehead atoms. The van der Waals surface area contributed by atoms with Gasteiger partial charge < -0.3 is 19.2 Å². The van der Waals surface area contributed by atoms with Crippen molar-refractivity contribution in [2.45, 2.75) is 25.7 Å². The van der Waals surface area contributed by atoms with E-state index in [1.807, 2.05) is 0 Å². The van der Waals surface area contributed by atoms with Crippen molar-refractivity contribution in [1.29, 1.82) is 0 Å². The number of halogens is 3. The van der Waals surface area contributed by atoms with Gasteiger partial charge >= 0.3 is 12.2 Å². The minimum absolute atomic E-state index is 0.262. The lowest BCUT2D eigenvalue weighted by Crippen LogP contribution is -2.42. The SMILES string of the molecule is O=C(NCc1ccco1)N1CCc2onc(-c3ccc(C(F)(F)F)cc3)c2C1. The molecule has 0 spiro atoms. The molecule has 0 unspecified atom stereocenters. The van der Waals surface area contributed by atoms with E-state index in [2.05, 4.69) is 10.5 Å². The molecule has 3 aromatic rings. The number of nitrogens with zero attached hydrogens (tertiary/aromatic N) is 2. The zero-order valence-corrected chi connectivity index (χ0v) is 14.6. The van der Waals surface area contributed by atoms with E-state index in [-0.39, 0.29) is 19.1 Å². The Kier molecular flexibility index (Phi) is 4.58. The summed E-state index contributed by atoms with van der Waals surface area (Å²) in [7, 11) is 0. The molecule has 146 valence electrons. The molecule has 3 heterocycles. The molecule has 1 aromatic carbocycles. The second-order valence-corrected chi connectivity index (χ2v) is 6.42. The molecule has 0 radical (unpaired) electrons. The van der Waals surface area contributed by atoms with E-state index in [0.717, 1.165) is 12.1 Å². The molecule has 1 N–H and O–H groups in total. The fourth-order valence-electron chi connectivity index (χ4n) is 3.11. The molecule has 0 saturated heterocycles. The smallest absolute Gasteiger partial charge is 0.416 e. The molecular weight excluding hydrogens is 375 g/mol. The highest BCUT2D eigenvalue weighted by molar-refractivity contribution is 5.75. The molecule has 9 heteroatoms. The summed E-state index contributed by atoms with van der Waals surface area (Å²) in [6, 6.07) is 7.97. The Morgan fingerprint density at radius 1 is 1.21 bits per heavy atom. The van der Waals surface area contributed by atoms with Gasteiger partial charge in [0.1, 0.15) is 17.2 Å². The average Bonchev–Trinajstić information content (AvgIpc) is 3.34. The Morgan fingerprint density at radius 3 is 2.68 bits per heavy atom. The highest BCUT2D eigenvalue weighted by Crippen LogP contribution is 2.33. The van der Waals surface area contributed by atoms with Crippen LogP contribution in [-0.2, 0) is 25.7 Å². The molecule has 0 aliphatic carbocycles. The highest BCUT2D eigenvalue weighted by Gasteiger charge is 2.31. The topological polar surface area (TPSA) is 71.5 Å². The van der Waals surface area contributed by atoms with Gasteiger partial charge in [0, 0.05) is 24.1 Å². The van der Waals surface area contributed by atoms with E-state index in [0.29, 0.717) is 41.3 Å². The summed E-state index contributed by atoms with van der Waals surface area (Å²) >= 11 is 0. The van der Waals surface area contributed by atoms with Gasteiger partial charge in [-0.1, -0.05) is 17.3 Å². The van der Waals surface area contributed by atoms with Crippen LogP contribution < -0.4 is 5.32 Å². The van der Waals surface area contributed by atoms with Gasteiger partial charge in [-0.25, -0.2) is 4.79 Å². The van der Waals surface area contributed by atoms with E-state index in [9.17, 15) is 18.0 Å². The first kappa shape index (κ1) is 18.1. The van der Waals surface area contributed by atoms with Crippen LogP contribution in [0.3, 0.4) is 0 Å². The number of furan rings is 1. The fraction of sp³-hybridized carbons (Fsp3) is 0.263. The van der Waals surface area contributed by atoms with E-state index < -0.39 is 11.7 Å². The zero-order valence-electron chi connectivity index (χ0n) is 14.6. The van der Waals surface area contributed by atoms with Crippen molar-refractivity contribution in [1.82, 2.24) is 15.4 Å². The predicted octanol–water partition coefficient (Wildman–Crippen LogP) is 4.22. The summed E-state index contributed by atoms with van der Waals surface area (Å²) in [6.07, 6.45) is -2.38. The number of aromatic nitrogens is 1. The number of urea groups is 1. The number of rotatable bonds is 3. The van der Waals surface area contributed by atoms with Crippen LogP contribution in [0.2, 0.25) is 0 Å². The lowest BCUT2D eigenvalue weighted by Gasteiger charge is -2.26. The van der Waals surface area contributed by atoms with Crippen LogP contribution in [0.1, 0.15) is 22.6 Å². The summed E-state index contributed by atoms with van der Waals surface area (Å²) in [6.45, 7) is 0.988. The number of carbonyl (C=O) groups excluding carboxylic acids is 1. The molecule has 4 rings (SSSR count). The molecule has 28 heavy (non-hydrogen) atoms. The minimum atomic E-state index is -4.40. The Labute approximate surface area is 157 Å². The molecular formula is C19H16F3N3O3. The maximum Gasteiger partial charge on any atom is 0.416 e. The number of hydrogen-bond acceptors (Lipinski definition) is 4. The van der Waals surface area contributed by atoms with Crippen molar-refractivity contribution < 1.29 is 26.9 Å². The van der Waals surface area contributed by atoms with Crippen molar-refractivity contribution in [2.24, 2.45) is 0 Å². The Balaban J connectivity index is 1.49. The normalized spacial score (nSPS) is 14.0. The van der Waals surface area contributed by atoms with E-state index in [4.69, 9.17) is 8.94 Å². The van der Waals surface area contributed by atoms with Crippen LogP contribution in [0.15, 0.2) is 51.6 Å². The van der Waals surface area contributed by atoms with Gasteiger partial charge in [-0.15, -0.1) is 0 Å². The largest absolute Gasteiger partial charge is 0.467 e. The third-order valence-electron chi connectivity index (χ3n) is 4.59. The summed E-state index contributed by atoms with van der Waals surface area (Å²) in [5.41, 5.74) is 0.940. The first-order valence-corrected chi connectivity index (χ1v) is 8.62. The number of hydrogen-bond donors (Lipinski definition) is 1. The summed E-state index contributed by atoms with van der Waals surface area (Å²) in [4.78, 5) is 14.0. The van der Waals surface area contributed by atoms with Gasteiger partial charge in [-0.3, -0.25) is 0 Å². The highest BCUT2D eigenvalue weighted by atomic mass is 19.4. The first-order chi connectivity index (χ1) is 13.4. The zero-order chi connectivity index (χ0) is 19.7. The van der Waals surface area contributed by atoms with Crippen molar-refractivity contribution in [3.63, 3.8) is 0 Å². The van der Waals surface area contributed by atoms with Gasteiger partial charge in [0.05, 0.1) is 24.9 Å². The Morgan fingerprint density at radius 2 is 2.00 bits per heavy atom. The van der Waals surface area contributed by atoms with Crippen molar-refractivity contribution >= 4 is 6.03 Å². The molecule has 0 atom stereocenters.